The van der Waals surface area contributed by atoms with E-state index in [4.69, 9.17) is 0 Å². The van der Waals surface area contributed by atoms with Gasteiger partial charge in [0, 0.05) is 4.90 Å². The fourth-order valence-corrected chi connectivity index (χ4v) is 2.02. The van der Waals surface area contributed by atoms with Crippen molar-refractivity contribution in [2.45, 2.75) is 17.9 Å². The van der Waals surface area contributed by atoms with Crippen LogP contribution in [0.5, 0.6) is 0 Å². The van der Waals surface area contributed by atoms with Crippen molar-refractivity contribution in [2.75, 3.05) is 0 Å². The summed E-state index contributed by atoms with van der Waals surface area (Å²) in [5.41, 5.74) is 0.529. The molecule has 0 heterocycles. The van der Waals surface area contributed by atoms with Gasteiger partial charge >= 0.3 is 0 Å². The first kappa shape index (κ1) is 14.5. The molecule has 0 bridgehead atoms. The number of benzene rings is 2. The summed E-state index contributed by atoms with van der Waals surface area (Å²) >= 11 is 4.07. The average Bonchev–Trinajstić information content (AvgIpc) is 2.41. The molecule has 0 aliphatic carbocycles. The predicted molar refractivity (Wildman–Crippen MR) is 75.9 cm³/mol. The molecule has 0 saturated carbocycles. The minimum atomic E-state index is -0.619. The molecule has 0 aliphatic heterocycles. The molecule has 2 aromatic rings. The van der Waals surface area contributed by atoms with Gasteiger partial charge in [-0.05, 0) is 42.8 Å². The van der Waals surface area contributed by atoms with Crippen molar-refractivity contribution in [1.29, 1.82) is 0 Å². The zero-order chi connectivity index (χ0) is 14.7. The highest BCUT2D eigenvalue weighted by atomic mass is 32.1. The van der Waals surface area contributed by atoms with E-state index < -0.39 is 17.8 Å². The van der Waals surface area contributed by atoms with Crippen LogP contribution in [0.2, 0.25) is 0 Å². The number of carbonyl (C=O) groups excluding carboxylic acids is 1. The molecule has 1 N–H and O–H groups in total. The Labute approximate surface area is 121 Å². The van der Waals surface area contributed by atoms with Crippen LogP contribution in [-0.2, 0) is 0 Å². The van der Waals surface area contributed by atoms with E-state index in [-0.39, 0.29) is 11.4 Å². The highest BCUT2D eigenvalue weighted by Crippen LogP contribution is 2.17. The van der Waals surface area contributed by atoms with Gasteiger partial charge in [0.15, 0.2) is 0 Å². The number of rotatable bonds is 3. The SMILES string of the molecule is CC(NC(=O)c1cc(S)ccc1F)c1cccc(F)c1. The first-order chi connectivity index (χ1) is 9.47. The molecule has 1 unspecified atom stereocenters. The minimum Gasteiger partial charge on any atom is -0.345 e. The first-order valence-electron chi connectivity index (χ1n) is 6.02. The normalized spacial score (nSPS) is 12.0. The Morgan fingerprint density at radius 2 is 1.95 bits per heavy atom. The average molecular weight is 293 g/mol. The Kier molecular flexibility index (Phi) is 4.39. The van der Waals surface area contributed by atoms with Crippen molar-refractivity contribution in [3.63, 3.8) is 0 Å². The molecule has 20 heavy (non-hydrogen) atoms. The maximum Gasteiger partial charge on any atom is 0.254 e. The number of carbonyl (C=O) groups is 1. The van der Waals surface area contributed by atoms with E-state index >= 15 is 0 Å². The zero-order valence-corrected chi connectivity index (χ0v) is 11.6. The molecule has 2 aromatic carbocycles. The van der Waals surface area contributed by atoms with Crippen LogP contribution in [0.15, 0.2) is 47.4 Å². The van der Waals surface area contributed by atoms with Gasteiger partial charge in [0.05, 0.1) is 11.6 Å². The summed E-state index contributed by atoms with van der Waals surface area (Å²) in [6.07, 6.45) is 0. The van der Waals surface area contributed by atoms with E-state index in [2.05, 4.69) is 17.9 Å². The van der Waals surface area contributed by atoms with Crippen molar-refractivity contribution in [1.82, 2.24) is 5.32 Å². The molecule has 104 valence electrons. The molecular formula is C15H13F2NOS. The summed E-state index contributed by atoms with van der Waals surface area (Å²) in [7, 11) is 0. The highest BCUT2D eigenvalue weighted by molar-refractivity contribution is 7.80. The van der Waals surface area contributed by atoms with Crippen molar-refractivity contribution >= 4 is 18.5 Å². The summed E-state index contributed by atoms with van der Waals surface area (Å²) < 4.78 is 26.7. The van der Waals surface area contributed by atoms with Gasteiger partial charge in [-0.15, -0.1) is 12.6 Å². The molecule has 5 heteroatoms. The van der Waals surface area contributed by atoms with Crippen LogP contribution in [0.25, 0.3) is 0 Å². The fourth-order valence-electron chi connectivity index (χ4n) is 1.82. The number of thiol groups is 1. The van der Waals surface area contributed by atoms with Crippen molar-refractivity contribution in [2.24, 2.45) is 0 Å². The second-order valence-electron chi connectivity index (χ2n) is 4.41. The van der Waals surface area contributed by atoms with E-state index in [1.54, 1.807) is 19.1 Å². The summed E-state index contributed by atoms with van der Waals surface area (Å²) in [5.74, 6) is -1.56. The number of halogens is 2. The minimum absolute atomic E-state index is 0.0826. The third-order valence-electron chi connectivity index (χ3n) is 2.89. The van der Waals surface area contributed by atoms with Gasteiger partial charge in [-0.2, -0.15) is 0 Å². The van der Waals surface area contributed by atoms with Crippen molar-refractivity contribution in [3.8, 4) is 0 Å². The molecule has 2 nitrogen and oxygen atoms in total. The van der Waals surface area contributed by atoms with E-state index in [0.717, 1.165) is 0 Å². The topological polar surface area (TPSA) is 29.1 Å². The summed E-state index contributed by atoms with van der Waals surface area (Å²) in [5, 5.41) is 2.63. The Bertz CT molecular complexity index is 646. The molecule has 1 amide bonds. The molecule has 0 saturated heterocycles. The van der Waals surface area contributed by atoms with Gasteiger partial charge in [-0.3, -0.25) is 4.79 Å². The van der Waals surface area contributed by atoms with Gasteiger partial charge in [-0.1, -0.05) is 12.1 Å². The third-order valence-corrected chi connectivity index (χ3v) is 3.17. The number of amides is 1. The quantitative estimate of drug-likeness (QED) is 0.829. The van der Waals surface area contributed by atoms with Crippen molar-refractivity contribution < 1.29 is 13.6 Å². The molecule has 0 spiro atoms. The van der Waals surface area contributed by atoms with Crippen LogP contribution in [-0.4, -0.2) is 5.91 Å². The second kappa shape index (κ2) is 6.05. The number of hydrogen-bond acceptors (Lipinski definition) is 2. The molecule has 0 fully saturated rings. The molecule has 0 radical (unpaired) electrons. The first-order valence-corrected chi connectivity index (χ1v) is 6.47. The Balaban J connectivity index is 2.17. The Hall–Kier alpha value is -1.88. The Morgan fingerprint density at radius 3 is 2.65 bits per heavy atom. The van der Waals surface area contributed by atoms with Crippen LogP contribution in [0.3, 0.4) is 0 Å². The van der Waals surface area contributed by atoms with Gasteiger partial charge in [-0.25, -0.2) is 8.78 Å². The lowest BCUT2D eigenvalue weighted by atomic mass is 10.1. The number of nitrogens with one attached hydrogen (secondary N) is 1. The highest BCUT2D eigenvalue weighted by Gasteiger charge is 2.15. The fraction of sp³-hybridized carbons (Fsp3) is 0.133. The Morgan fingerprint density at radius 1 is 1.20 bits per heavy atom. The number of hydrogen-bond donors (Lipinski definition) is 2. The second-order valence-corrected chi connectivity index (χ2v) is 4.93. The van der Waals surface area contributed by atoms with Gasteiger partial charge in [0.2, 0.25) is 0 Å². The molecule has 2 rings (SSSR count). The predicted octanol–water partition coefficient (Wildman–Crippen LogP) is 3.74. The molecular weight excluding hydrogens is 280 g/mol. The van der Waals surface area contributed by atoms with E-state index in [1.807, 2.05) is 0 Å². The largest absolute Gasteiger partial charge is 0.345 e. The lowest BCUT2D eigenvalue weighted by molar-refractivity contribution is 0.0935. The van der Waals surface area contributed by atoms with Crippen LogP contribution in [0.4, 0.5) is 8.78 Å². The van der Waals surface area contributed by atoms with Crippen molar-refractivity contribution in [3.05, 3.63) is 65.2 Å². The maximum absolute atomic E-state index is 13.6. The molecule has 1 atom stereocenters. The molecule has 0 aromatic heterocycles. The van der Waals surface area contributed by atoms with Crippen LogP contribution in [0, 0.1) is 11.6 Å². The van der Waals surface area contributed by atoms with Crippen LogP contribution < -0.4 is 5.32 Å². The standard InChI is InChI=1S/C15H13F2NOS/c1-9(10-3-2-4-11(16)7-10)18-15(19)13-8-12(20)5-6-14(13)17/h2-9,20H,1H3,(H,18,19). The summed E-state index contributed by atoms with van der Waals surface area (Å²) in [6.45, 7) is 1.70. The third kappa shape index (κ3) is 3.36. The van der Waals surface area contributed by atoms with E-state index in [0.29, 0.717) is 10.5 Å². The van der Waals surface area contributed by atoms with Crippen LogP contribution in [0.1, 0.15) is 28.9 Å². The zero-order valence-electron chi connectivity index (χ0n) is 10.7. The molecule has 0 aliphatic rings. The maximum atomic E-state index is 13.6. The van der Waals surface area contributed by atoms with E-state index in [9.17, 15) is 13.6 Å². The van der Waals surface area contributed by atoms with Gasteiger partial charge in [0.25, 0.3) is 5.91 Å². The van der Waals surface area contributed by atoms with Crippen LogP contribution >= 0.6 is 12.6 Å². The smallest absolute Gasteiger partial charge is 0.254 e. The van der Waals surface area contributed by atoms with Gasteiger partial charge in [0.1, 0.15) is 11.6 Å². The summed E-state index contributed by atoms with van der Waals surface area (Å²) in [6, 6.07) is 9.47. The lowest BCUT2D eigenvalue weighted by Crippen LogP contribution is -2.27. The monoisotopic (exact) mass is 293 g/mol. The summed E-state index contributed by atoms with van der Waals surface area (Å²) in [4.78, 5) is 12.5. The van der Waals surface area contributed by atoms with E-state index in [1.165, 1.54) is 30.3 Å². The lowest BCUT2D eigenvalue weighted by Gasteiger charge is -2.15. The van der Waals surface area contributed by atoms with Gasteiger partial charge < -0.3 is 5.32 Å².